The Balaban J connectivity index is 2.87. The number of benzene rings is 1. The van der Waals surface area contributed by atoms with Crippen molar-refractivity contribution in [1.29, 1.82) is 0 Å². The molecule has 0 saturated carbocycles. The number of amides is 1. The van der Waals surface area contributed by atoms with E-state index in [2.05, 4.69) is 4.74 Å². The molecule has 0 heterocycles. The maximum absolute atomic E-state index is 12.2. The molecular weight excluding hydrogens is 320 g/mol. The van der Waals surface area contributed by atoms with Crippen molar-refractivity contribution in [3.8, 4) is 0 Å². The summed E-state index contributed by atoms with van der Waals surface area (Å²) in [6, 6.07) is 5.98. The predicted molar refractivity (Wildman–Crippen MR) is 84.7 cm³/mol. The second-order valence-corrected chi connectivity index (χ2v) is 6.99. The summed E-state index contributed by atoms with van der Waals surface area (Å²) >= 11 is 0. The summed E-state index contributed by atoms with van der Waals surface area (Å²) < 4.78 is 27.1. The quantitative estimate of drug-likeness (QED) is 0.740. The lowest BCUT2D eigenvalue weighted by atomic mass is 10.1. The van der Waals surface area contributed by atoms with Gasteiger partial charge in [-0.3, -0.25) is 9.59 Å². The lowest BCUT2D eigenvalue weighted by Crippen LogP contribution is -2.35. The van der Waals surface area contributed by atoms with Crippen molar-refractivity contribution < 1.29 is 22.7 Å². The molecule has 2 N–H and O–H groups in total. The van der Waals surface area contributed by atoms with Crippen LogP contribution < -0.4 is 5.14 Å². The van der Waals surface area contributed by atoms with Crippen molar-refractivity contribution >= 4 is 21.9 Å². The topological polar surface area (TPSA) is 107 Å². The Morgan fingerprint density at radius 1 is 1.22 bits per heavy atom. The van der Waals surface area contributed by atoms with Gasteiger partial charge >= 0.3 is 5.97 Å². The Bertz CT molecular complexity index is 653. The van der Waals surface area contributed by atoms with E-state index in [-0.39, 0.29) is 36.2 Å². The van der Waals surface area contributed by atoms with E-state index in [1.807, 2.05) is 0 Å². The number of nitrogens with zero attached hydrogens (tertiary/aromatic N) is 1. The second kappa shape index (κ2) is 8.07. The molecule has 1 rings (SSSR count). The standard InChI is InChI=1S/C15H22N2O5S/c1-11(2)15(19)17(9-8-14(18)22-3)10-12-4-6-13(7-5-12)23(16,20)21/h4-7,11H,8-10H2,1-3H3,(H2,16,20,21). The van der Waals surface area contributed by atoms with Gasteiger partial charge in [-0.15, -0.1) is 0 Å². The first kappa shape index (κ1) is 19.1. The predicted octanol–water partition coefficient (Wildman–Crippen LogP) is 0.882. The Morgan fingerprint density at radius 2 is 1.78 bits per heavy atom. The number of esters is 1. The third-order valence-electron chi connectivity index (χ3n) is 3.24. The van der Waals surface area contributed by atoms with Crippen LogP contribution in [0.15, 0.2) is 29.2 Å². The fraction of sp³-hybridized carbons (Fsp3) is 0.467. The summed E-state index contributed by atoms with van der Waals surface area (Å²) in [5.74, 6) is -0.697. The molecular formula is C15H22N2O5S. The summed E-state index contributed by atoms with van der Waals surface area (Å²) in [6.45, 7) is 4.06. The van der Waals surface area contributed by atoms with Gasteiger partial charge in [-0.1, -0.05) is 26.0 Å². The van der Waals surface area contributed by atoms with Crippen molar-refractivity contribution in [1.82, 2.24) is 4.90 Å². The van der Waals surface area contributed by atoms with Gasteiger partial charge in [0, 0.05) is 19.0 Å². The summed E-state index contributed by atoms with van der Waals surface area (Å²) in [5, 5.41) is 5.05. The van der Waals surface area contributed by atoms with Gasteiger partial charge in [-0.2, -0.15) is 0 Å². The van der Waals surface area contributed by atoms with Crippen LogP contribution in [0.3, 0.4) is 0 Å². The van der Waals surface area contributed by atoms with Crippen LogP contribution in [0, 0.1) is 5.92 Å². The first-order chi connectivity index (χ1) is 10.6. The van der Waals surface area contributed by atoms with Crippen LogP contribution in [0.1, 0.15) is 25.8 Å². The zero-order chi connectivity index (χ0) is 17.6. The largest absolute Gasteiger partial charge is 0.469 e. The smallest absolute Gasteiger partial charge is 0.307 e. The number of ether oxygens (including phenoxy) is 1. The molecule has 0 bridgehead atoms. The molecule has 128 valence electrons. The number of sulfonamides is 1. The lowest BCUT2D eigenvalue weighted by molar-refractivity contribution is -0.142. The Morgan fingerprint density at radius 3 is 2.22 bits per heavy atom. The van der Waals surface area contributed by atoms with Crippen LogP contribution in [0.25, 0.3) is 0 Å². The first-order valence-corrected chi connectivity index (χ1v) is 8.67. The Kier molecular flexibility index (Phi) is 6.71. The summed E-state index contributed by atoms with van der Waals surface area (Å²) in [6.07, 6.45) is 0.101. The van der Waals surface area contributed by atoms with Gasteiger partial charge in [-0.05, 0) is 17.7 Å². The molecule has 0 spiro atoms. The number of carbonyl (C=O) groups excluding carboxylic acids is 2. The normalized spacial score (nSPS) is 11.3. The van der Waals surface area contributed by atoms with Gasteiger partial charge in [0.1, 0.15) is 0 Å². The number of primary sulfonamides is 1. The second-order valence-electron chi connectivity index (χ2n) is 5.43. The maximum atomic E-state index is 12.2. The van der Waals surface area contributed by atoms with Crippen LogP contribution in [-0.4, -0.2) is 38.8 Å². The highest BCUT2D eigenvalue weighted by Crippen LogP contribution is 2.13. The third kappa shape index (κ3) is 5.99. The third-order valence-corrected chi connectivity index (χ3v) is 4.17. The van der Waals surface area contributed by atoms with Crippen LogP contribution in [-0.2, 0) is 30.9 Å². The Hall–Kier alpha value is -1.93. The van der Waals surface area contributed by atoms with Crippen molar-refractivity contribution in [2.45, 2.75) is 31.7 Å². The highest BCUT2D eigenvalue weighted by molar-refractivity contribution is 7.89. The average Bonchev–Trinajstić information content (AvgIpc) is 2.49. The lowest BCUT2D eigenvalue weighted by Gasteiger charge is -2.24. The number of nitrogens with two attached hydrogens (primary N) is 1. The molecule has 23 heavy (non-hydrogen) atoms. The number of hydrogen-bond acceptors (Lipinski definition) is 5. The highest BCUT2D eigenvalue weighted by Gasteiger charge is 2.19. The van der Waals surface area contributed by atoms with E-state index in [0.29, 0.717) is 0 Å². The van der Waals surface area contributed by atoms with Crippen molar-refractivity contribution in [2.75, 3.05) is 13.7 Å². The molecule has 0 fully saturated rings. The van der Waals surface area contributed by atoms with E-state index in [1.54, 1.807) is 30.9 Å². The number of hydrogen-bond donors (Lipinski definition) is 1. The molecule has 0 aliphatic rings. The SMILES string of the molecule is COC(=O)CCN(Cc1ccc(S(N)(=O)=O)cc1)C(=O)C(C)C. The van der Waals surface area contributed by atoms with Gasteiger partial charge in [0.05, 0.1) is 18.4 Å². The van der Waals surface area contributed by atoms with Gasteiger partial charge < -0.3 is 9.64 Å². The molecule has 0 aliphatic heterocycles. The Labute approximate surface area is 136 Å². The van der Waals surface area contributed by atoms with Crippen LogP contribution >= 0.6 is 0 Å². The summed E-state index contributed by atoms with van der Waals surface area (Å²) in [5.41, 5.74) is 0.747. The molecule has 8 heteroatoms. The molecule has 1 aromatic carbocycles. The minimum atomic E-state index is -3.74. The first-order valence-electron chi connectivity index (χ1n) is 7.12. The van der Waals surface area contributed by atoms with E-state index < -0.39 is 16.0 Å². The molecule has 0 atom stereocenters. The highest BCUT2D eigenvalue weighted by atomic mass is 32.2. The average molecular weight is 342 g/mol. The molecule has 0 aromatic heterocycles. The number of carbonyl (C=O) groups is 2. The zero-order valence-electron chi connectivity index (χ0n) is 13.5. The van der Waals surface area contributed by atoms with E-state index in [1.165, 1.54) is 19.2 Å². The van der Waals surface area contributed by atoms with Crippen molar-refractivity contribution in [3.05, 3.63) is 29.8 Å². The summed E-state index contributed by atoms with van der Waals surface area (Å²) in [7, 11) is -2.45. The molecule has 0 radical (unpaired) electrons. The minimum absolute atomic E-state index is 0.0116. The van der Waals surface area contributed by atoms with E-state index in [9.17, 15) is 18.0 Å². The molecule has 0 aliphatic carbocycles. The molecule has 1 amide bonds. The zero-order valence-corrected chi connectivity index (χ0v) is 14.3. The number of methoxy groups -OCH3 is 1. The van der Waals surface area contributed by atoms with Crippen LogP contribution in [0.5, 0.6) is 0 Å². The van der Waals surface area contributed by atoms with Gasteiger partial charge in [0.15, 0.2) is 0 Å². The fourth-order valence-corrected chi connectivity index (χ4v) is 2.48. The van der Waals surface area contributed by atoms with E-state index >= 15 is 0 Å². The molecule has 0 unspecified atom stereocenters. The molecule has 1 aromatic rings. The minimum Gasteiger partial charge on any atom is -0.469 e. The van der Waals surface area contributed by atoms with Gasteiger partial charge in [-0.25, -0.2) is 13.6 Å². The van der Waals surface area contributed by atoms with E-state index in [4.69, 9.17) is 5.14 Å². The van der Waals surface area contributed by atoms with Crippen LogP contribution in [0.4, 0.5) is 0 Å². The monoisotopic (exact) mass is 342 g/mol. The fourth-order valence-electron chi connectivity index (χ4n) is 1.97. The van der Waals surface area contributed by atoms with Crippen molar-refractivity contribution in [3.63, 3.8) is 0 Å². The molecule has 7 nitrogen and oxygen atoms in total. The number of rotatable bonds is 7. The van der Waals surface area contributed by atoms with Gasteiger partial charge in [0.2, 0.25) is 15.9 Å². The van der Waals surface area contributed by atoms with Crippen molar-refractivity contribution in [2.24, 2.45) is 11.1 Å². The van der Waals surface area contributed by atoms with Crippen LogP contribution in [0.2, 0.25) is 0 Å². The van der Waals surface area contributed by atoms with Gasteiger partial charge in [0.25, 0.3) is 0 Å². The molecule has 0 saturated heterocycles. The maximum Gasteiger partial charge on any atom is 0.307 e. The summed E-state index contributed by atoms with van der Waals surface area (Å²) in [4.78, 5) is 25.1. The van der Waals surface area contributed by atoms with E-state index in [0.717, 1.165) is 5.56 Å².